The number of unbranched alkanes of at least 4 members (excludes halogenated alkanes) is 6. The Morgan fingerprint density at radius 1 is 0.667 bits per heavy atom. The second-order valence-corrected chi connectivity index (χ2v) is 13.6. The van der Waals surface area contributed by atoms with Gasteiger partial charge in [0.1, 0.15) is 0 Å². The van der Waals surface area contributed by atoms with Gasteiger partial charge in [-0.1, -0.05) is 111 Å². The second-order valence-electron chi connectivity index (χ2n) is 13.6. The fourth-order valence-electron chi connectivity index (χ4n) is 7.97. The lowest BCUT2D eigenvalue weighted by Crippen LogP contribution is -2.39. The van der Waals surface area contributed by atoms with E-state index in [2.05, 4.69) is 20.8 Å². The van der Waals surface area contributed by atoms with Crippen LogP contribution in [-0.2, 0) is 9.53 Å². The van der Waals surface area contributed by atoms with E-state index >= 15 is 0 Å². The molecule has 3 rings (SSSR count). The van der Waals surface area contributed by atoms with Crippen LogP contribution >= 0.6 is 0 Å². The van der Waals surface area contributed by atoms with E-state index in [1.54, 1.807) is 0 Å². The Morgan fingerprint density at radius 3 is 1.86 bits per heavy atom. The van der Waals surface area contributed by atoms with Crippen LogP contribution in [0.4, 0.5) is 0 Å². The fourth-order valence-corrected chi connectivity index (χ4v) is 7.97. The van der Waals surface area contributed by atoms with Crippen LogP contribution in [0, 0.1) is 35.0 Å². The molecular weight excluding hydrogens is 440 g/mol. The molecule has 0 atom stereocenters. The Labute approximate surface area is 225 Å². The lowest BCUT2D eigenvalue weighted by molar-refractivity contribution is -0.160. The van der Waals surface area contributed by atoms with Gasteiger partial charge in [-0.2, -0.15) is 0 Å². The Kier molecular flexibility index (Phi) is 13.7. The summed E-state index contributed by atoms with van der Waals surface area (Å²) in [5.74, 6) is 4.74. The van der Waals surface area contributed by atoms with E-state index in [0.29, 0.717) is 6.61 Å². The highest BCUT2D eigenvalue weighted by molar-refractivity contribution is 5.77. The largest absolute Gasteiger partial charge is 0.465 e. The van der Waals surface area contributed by atoms with Gasteiger partial charge in [0, 0.05) is 0 Å². The molecule has 2 heteroatoms. The van der Waals surface area contributed by atoms with Crippen LogP contribution in [-0.4, -0.2) is 12.6 Å². The predicted octanol–water partition coefficient (Wildman–Crippen LogP) is 10.7. The highest BCUT2D eigenvalue weighted by Gasteiger charge is 2.44. The lowest BCUT2D eigenvalue weighted by Gasteiger charge is -2.43. The smallest absolute Gasteiger partial charge is 0.312 e. The first-order valence-corrected chi connectivity index (χ1v) is 16.7. The number of carbonyl (C=O) groups excluding carboxylic acids is 1. The van der Waals surface area contributed by atoms with Crippen LogP contribution < -0.4 is 0 Å². The first kappa shape index (κ1) is 30.0. The molecule has 0 amide bonds. The van der Waals surface area contributed by atoms with Crippen molar-refractivity contribution in [1.29, 1.82) is 0 Å². The molecule has 3 aliphatic carbocycles. The Balaban J connectivity index is 1.48. The molecule has 3 saturated carbocycles. The lowest BCUT2D eigenvalue weighted by atomic mass is 9.62. The maximum atomic E-state index is 13.6. The molecule has 0 saturated heterocycles. The summed E-state index contributed by atoms with van der Waals surface area (Å²) < 4.78 is 6.03. The maximum Gasteiger partial charge on any atom is 0.312 e. The zero-order valence-electron chi connectivity index (χ0n) is 24.7. The van der Waals surface area contributed by atoms with Gasteiger partial charge in [0.25, 0.3) is 0 Å². The number of ether oxygens (including phenoxy) is 1. The fraction of sp³-hybridized carbons (Fsp3) is 0.971. The summed E-state index contributed by atoms with van der Waals surface area (Å²) in [5, 5.41) is 0. The van der Waals surface area contributed by atoms with Crippen molar-refractivity contribution in [2.24, 2.45) is 35.0 Å². The summed E-state index contributed by atoms with van der Waals surface area (Å²) >= 11 is 0. The molecule has 0 unspecified atom stereocenters. The highest BCUT2D eigenvalue weighted by Crippen LogP contribution is 2.49. The van der Waals surface area contributed by atoms with Gasteiger partial charge in [0.05, 0.1) is 12.0 Å². The zero-order chi connectivity index (χ0) is 25.6. The van der Waals surface area contributed by atoms with Crippen molar-refractivity contribution in [2.45, 2.75) is 168 Å². The van der Waals surface area contributed by atoms with Crippen molar-refractivity contribution in [2.75, 3.05) is 6.61 Å². The molecule has 0 heterocycles. The van der Waals surface area contributed by atoms with Crippen LogP contribution in [0.25, 0.3) is 0 Å². The minimum Gasteiger partial charge on any atom is -0.465 e. The van der Waals surface area contributed by atoms with Crippen molar-refractivity contribution in [3.05, 3.63) is 0 Å². The van der Waals surface area contributed by atoms with E-state index in [1.807, 2.05) is 0 Å². The summed E-state index contributed by atoms with van der Waals surface area (Å²) in [5.41, 5.74) is -0.167. The van der Waals surface area contributed by atoms with Crippen molar-refractivity contribution in [1.82, 2.24) is 0 Å². The van der Waals surface area contributed by atoms with Crippen molar-refractivity contribution >= 4 is 5.97 Å². The molecule has 0 aromatic heterocycles. The van der Waals surface area contributed by atoms with E-state index in [0.717, 1.165) is 55.3 Å². The van der Waals surface area contributed by atoms with Crippen LogP contribution in [0.3, 0.4) is 0 Å². The summed E-state index contributed by atoms with van der Waals surface area (Å²) in [6.07, 6.45) is 30.2. The third-order valence-electron chi connectivity index (χ3n) is 10.8. The summed E-state index contributed by atoms with van der Waals surface area (Å²) in [4.78, 5) is 13.6. The van der Waals surface area contributed by atoms with E-state index in [-0.39, 0.29) is 11.4 Å². The second kappa shape index (κ2) is 16.4. The molecule has 0 aromatic rings. The first-order valence-electron chi connectivity index (χ1n) is 16.7. The molecule has 0 spiro atoms. The molecule has 3 aliphatic rings. The van der Waals surface area contributed by atoms with Gasteiger partial charge in [0.2, 0.25) is 0 Å². The molecule has 0 aliphatic heterocycles. The summed E-state index contributed by atoms with van der Waals surface area (Å²) in [6.45, 7) is 7.65. The molecule has 3 fully saturated rings. The third-order valence-corrected chi connectivity index (χ3v) is 10.8. The van der Waals surface area contributed by atoms with Gasteiger partial charge in [-0.15, -0.1) is 0 Å². The van der Waals surface area contributed by atoms with Gasteiger partial charge in [-0.05, 0) is 87.4 Å². The van der Waals surface area contributed by atoms with Gasteiger partial charge in [0.15, 0.2) is 0 Å². The monoisotopic (exact) mass is 502 g/mol. The van der Waals surface area contributed by atoms with Gasteiger partial charge in [-0.3, -0.25) is 4.79 Å². The standard InChI is InChI=1S/C34H62O2/c1-4-6-8-9-11-27-36-33(35)34(24-21-30-17-15-29(16-18-30)12-10-7-5-2)25-22-32(23-26-34)31-19-13-28(3)14-20-31/h28-32H,4-27H2,1-3H3/t28?,29-,30-,31?,32?,34?. The normalized spacial score (nSPS) is 33.4. The molecular formula is C34H62O2. The number of carbonyl (C=O) groups is 1. The zero-order valence-corrected chi connectivity index (χ0v) is 24.7. The van der Waals surface area contributed by atoms with Crippen molar-refractivity contribution in [3.8, 4) is 0 Å². The number of hydrogen-bond donors (Lipinski definition) is 0. The first-order chi connectivity index (χ1) is 17.6. The van der Waals surface area contributed by atoms with E-state index in [4.69, 9.17) is 4.74 Å². The van der Waals surface area contributed by atoms with Crippen LogP contribution in [0.15, 0.2) is 0 Å². The van der Waals surface area contributed by atoms with Crippen LogP contribution in [0.5, 0.6) is 0 Å². The van der Waals surface area contributed by atoms with Gasteiger partial charge >= 0.3 is 5.97 Å². The predicted molar refractivity (Wildman–Crippen MR) is 154 cm³/mol. The molecule has 0 bridgehead atoms. The average Bonchev–Trinajstić information content (AvgIpc) is 2.91. The third kappa shape index (κ3) is 9.65. The number of esters is 1. The molecule has 210 valence electrons. The average molecular weight is 503 g/mol. The van der Waals surface area contributed by atoms with E-state index < -0.39 is 0 Å². The summed E-state index contributed by atoms with van der Waals surface area (Å²) in [7, 11) is 0. The maximum absolute atomic E-state index is 13.6. The van der Waals surface area contributed by atoms with Gasteiger partial charge in [-0.25, -0.2) is 0 Å². The Hall–Kier alpha value is -0.530. The van der Waals surface area contributed by atoms with Gasteiger partial charge < -0.3 is 4.74 Å². The SMILES string of the molecule is CCCCCCCOC(=O)C1(CC[C@H]2CC[C@H](CCCCC)CC2)CCC(C2CCC(C)CC2)CC1. The minimum absolute atomic E-state index is 0.167. The number of hydrogen-bond acceptors (Lipinski definition) is 2. The molecule has 2 nitrogen and oxygen atoms in total. The molecule has 0 N–H and O–H groups in total. The molecule has 36 heavy (non-hydrogen) atoms. The van der Waals surface area contributed by atoms with Crippen molar-refractivity contribution in [3.63, 3.8) is 0 Å². The Morgan fingerprint density at radius 2 is 1.22 bits per heavy atom. The summed E-state index contributed by atoms with van der Waals surface area (Å²) in [6, 6.07) is 0. The van der Waals surface area contributed by atoms with Crippen LogP contribution in [0.2, 0.25) is 0 Å². The quantitative estimate of drug-likeness (QED) is 0.164. The van der Waals surface area contributed by atoms with E-state index in [1.165, 1.54) is 122 Å². The number of rotatable bonds is 15. The highest BCUT2D eigenvalue weighted by atomic mass is 16.5. The Bertz CT molecular complexity index is 574. The molecule has 0 aromatic carbocycles. The topological polar surface area (TPSA) is 26.3 Å². The minimum atomic E-state index is -0.167. The van der Waals surface area contributed by atoms with E-state index in [9.17, 15) is 4.79 Å². The van der Waals surface area contributed by atoms with Crippen molar-refractivity contribution < 1.29 is 9.53 Å². The van der Waals surface area contributed by atoms with Crippen LogP contribution in [0.1, 0.15) is 168 Å². The molecule has 0 radical (unpaired) electrons.